The van der Waals surface area contributed by atoms with E-state index in [1.54, 1.807) is 0 Å². The van der Waals surface area contributed by atoms with Gasteiger partial charge in [-0.25, -0.2) is 0 Å². The van der Waals surface area contributed by atoms with Crippen molar-refractivity contribution in [2.75, 3.05) is 6.61 Å². The second-order valence-corrected chi connectivity index (χ2v) is 7.04. The second kappa shape index (κ2) is 4.46. The molecule has 4 nitrogen and oxygen atoms in total. The van der Waals surface area contributed by atoms with Crippen LogP contribution in [0.4, 0.5) is 0 Å². The van der Waals surface area contributed by atoms with Crippen molar-refractivity contribution in [2.45, 2.75) is 45.6 Å². The van der Waals surface area contributed by atoms with E-state index in [-0.39, 0.29) is 29.4 Å². The van der Waals surface area contributed by atoms with Gasteiger partial charge in [0.2, 0.25) is 0 Å². The van der Waals surface area contributed by atoms with Gasteiger partial charge < -0.3 is 9.47 Å². The molecule has 4 aliphatic carbocycles. The van der Waals surface area contributed by atoms with Crippen LogP contribution in [0.1, 0.15) is 39.5 Å². The van der Waals surface area contributed by atoms with Crippen LogP contribution < -0.4 is 0 Å². The van der Waals surface area contributed by atoms with E-state index < -0.39 is 5.41 Å². The molecule has 0 amide bonds. The lowest BCUT2D eigenvalue weighted by atomic mass is 9.61. The molecule has 0 saturated heterocycles. The summed E-state index contributed by atoms with van der Waals surface area (Å²) in [5.74, 6) is 0.254. The van der Waals surface area contributed by atoms with Crippen LogP contribution in [0.5, 0.6) is 0 Å². The van der Waals surface area contributed by atoms with Gasteiger partial charge in [-0.2, -0.15) is 0 Å². The summed E-state index contributed by atoms with van der Waals surface area (Å²) < 4.78 is 11.1. The van der Waals surface area contributed by atoms with Crippen molar-refractivity contribution in [1.29, 1.82) is 0 Å². The minimum atomic E-state index is -0.510. The molecular weight excluding hydrogens is 280 g/mol. The molecule has 0 aromatic carbocycles. The van der Waals surface area contributed by atoms with Gasteiger partial charge in [-0.15, -0.1) is 0 Å². The second-order valence-electron chi connectivity index (χ2n) is 7.04. The molecule has 4 aliphatic rings. The van der Waals surface area contributed by atoms with E-state index in [9.17, 15) is 9.59 Å². The van der Waals surface area contributed by atoms with Crippen molar-refractivity contribution in [2.24, 2.45) is 22.7 Å². The van der Waals surface area contributed by atoms with Gasteiger partial charge in [0.05, 0.1) is 12.0 Å². The first-order valence-electron chi connectivity index (χ1n) is 8.29. The number of ether oxygens (including phenoxy) is 2. The Morgan fingerprint density at radius 2 is 2.23 bits per heavy atom. The van der Waals surface area contributed by atoms with Gasteiger partial charge in [-0.1, -0.05) is 18.2 Å². The molecule has 0 radical (unpaired) electrons. The van der Waals surface area contributed by atoms with E-state index in [1.807, 2.05) is 6.92 Å². The summed E-state index contributed by atoms with van der Waals surface area (Å²) in [5, 5.41) is 0. The molecule has 2 fully saturated rings. The van der Waals surface area contributed by atoms with Crippen LogP contribution in [0, 0.1) is 22.7 Å². The Bertz CT molecular complexity index is 604. The molecule has 4 heteroatoms. The number of rotatable bonds is 3. The monoisotopic (exact) mass is 302 g/mol. The van der Waals surface area contributed by atoms with Crippen molar-refractivity contribution in [3.63, 3.8) is 0 Å². The quantitative estimate of drug-likeness (QED) is 0.752. The standard InChI is InChI=1S/C18H22O4/c1-3-21-16(20)17-9-8-13-5-4-12-6-7-14(18(12,13)17)15(10-17)22-11(2)19/h4,6-7,13-15H,3,5,8-10H2,1-2H3/t13-,14+,15-,17+,18?/m1/s1. The minimum absolute atomic E-state index is 0.0892. The lowest BCUT2D eigenvalue weighted by Crippen LogP contribution is -2.44. The van der Waals surface area contributed by atoms with E-state index in [2.05, 4.69) is 18.2 Å². The smallest absolute Gasteiger partial charge is 0.313 e. The Kier molecular flexibility index (Phi) is 2.85. The normalized spacial score (nSPS) is 43.7. The van der Waals surface area contributed by atoms with Crippen LogP contribution in [0.25, 0.3) is 0 Å². The lowest BCUT2D eigenvalue weighted by Gasteiger charge is -2.40. The summed E-state index contributed by atoms with van der Waals surface area (Å²) in [6.45, 7) is 3.70. The van der Waals surface area contributed by atoms with Crippen LogP contribution in [-0.4, -0.2) is 24.6 Å². The largest absolute Gasteiger partial charge is 0.466 e. The fraction of sp³-hybridized carbons (Fsp3) is 0.667. The number of hydrogen-bond donors (Lipinski definition) is 0. The highest BCUT2D eigenvalue weighted by atomic mass is 16.5. The number of allylic oxidation sites excluding steroid dienone is 3. The van der Waals surface area contributed by atoms with Gasteiger partial charge in [0.25, 0.3) is 0 Å². The van der Waals surface area contributed by atoms with Crippen LogP contribution >= 0.6 is 0 Å². The SMILES string of the molecule is CCOC(=O)[C@]12CC[C@H]3CC=C4C=C[C@@H]([C@H](OC(C)=O)C1)C432. The zero-order valence-corrected chi connectivity index (χ0v) is 13.1. The zero-order chi connectivity index (χ0) is 15.5. The molecule has 0 bridgehead atoms. The molecule has 22 heavy (non-hydrogen) atoms. The Labute approximate surface area is 130 Å². The molecule has 0 aliphatic heterocycles. The average Bonchev–Trinajstić information content (AvgIpc) is 3.10. The number of esters is 2. The maximum Gasteiger partial charge on any atom is 0.313 e. The summed E-state index contributed by atoms with van der Waals surface area (Å²) in [4.78, 5) is 24.4. The van der Waals surface area contributed by atoms with E-state index in [0.29, 0.717) is 18.9 Å². The summed E-state index contributed by atoms with van der Waals surface area (Å²) in [6, 6.07) is 0. The Hall–Kier alpha value is -1.58. The van der Waals surface area contributed by atoms with Crippen molar-refractivity contribution in [3.8, 4) is 0 Å². The topological polar surface area (TPSA) is 52.6 Å². The first kappa shape index (κ1) is 14.0. The summed E-state index contributed by atoms with van der Waals surface area (Å²) in [5.41, 5.74) is 0.589. The molecule has 118 valence electrons. The molecule has 2 saturated carbocycles. The molecule has 0 aromatic rings. The van der Waals surface area contributed by atoms with Crippen molar-refractivity contribution in [1.82, 2.24) is 0 Å². The van der Waals surface area contributed by atoms with E-state index in [4.69, 9.17) is 9.47 Å². The highest BCUT2D eigenvalue weighted by molar-refractivity contribution is 5.82. The highest BCUT2D eigenvalue weighted by Crippen LogP contribution is 2.76. The van der Waals surface area contributed by atoms with Gasteiger partial charge in [-0.3, -0.25) is 9.59 Å². The predicted molar refractivity (Wildman–Crippen MR) is 79.7 cm³/mol. The van der Waals surface area contributed by atoms with Gasteiger partial charge in [0.1, 0.15) is 6.10 Å². The molecule has 0 N–H and O–H groups in total. The fourth-order valence-electron chi connectivity index (χ4n) is 5.96. The van der Waals surface area contributed by atoms with Crippen molar-refractivity contribution in [3.05, 3.63) is 23.8 Å². The fourth-order valence-corrected chi connectivity index (χ4v) is 5.96. The molecular formula is C18H22O4. The molecule has 0 heterocycles. The predicted octanol–water partition coefficient (Wildman–Crippen LogP) is 2.78. The first-order valence-corrected chi connectivity index (χ1v) is 8.29. The van der Waals surface area contributed by atoms with E-state index >= 15 is 0 Å². The lowest BCUT2D eigenvalue weighted by molar-refractivity contribution is -0.161. The number of carbonyl (C=O) groups excluding carboxylic acids is 2. The van der Waals surface area contributed by atoms with Gasteiger partial charge in [0, 0.05) is 24.7 Å². The van der Waals surface area contributed by atoms with Gasteiger partial charge in [-0.05, 0) is 37.7 Å². The molecule has 0 aromatic heterocycles. The van der Waals surface area contributed by atoms with Crippen LogP contribution in [0.2, 0.25) is 0 Å². The Morgan fingerprint density at radius 1 is 1.41 bits per heavy atom. The van der Waals surface area contributed by atoms with Gasteiger partial charge in [0.15, 0.2) is 0 Å². The average molecular weight is 302 g/mol. The summed E-state index contributed by atoms with van der Waals surface area (Å²) in [6.07, 6.45) is 9.94. The zero-order valence-electron chi connectivity index (χ0n) is 13.1. The highest BCUT2D eigenvalue weighted by Gasteiger charge is 2.76. The number of carbonyl (C=O) groups is 2. The van der Waals surface area contributed by atoms with Crippen LogP contribution in [0.3, 0.4) is 0 Å². The molecule has 5 atom stereocenters. The van der Waals surface area contributed by atoms with Gasteiger partial charge >= 0.3 is 11.9 Å². The Balaban J connectivity index is 1.82. The molecule has 4 rings (SSSR count). The Morgan fingerprint density at radius 3 is 2.95 bits per heavy atom. The molecule has 1 spiro atoms. The van der Waals surface area contributed by atoms with Crippen molar-refractivity contribution >= 4 is 11.9 Å². The number of hydrogen-bond acceptors (Lipinski definition) is 4. The van der Waals surface area contributed by atoms with E-state index in [0.717, 1.165) is 19.3 Å². The summed E-state index contributed by atoms with van der Waals surface area (Å²) >= 11 is 0. The molecule has 1 unspecified atom stereocenters. The third kappa shape index (κ3) is 1.39. The maximum absolute atomic E-state index is 12.9. The van der Waals surface area contributed by atoms with Crippen LogP contribution in [0.15, 0.2) is 23.8 Å². The summed E-state index contributed by atoms with van der Waals surface area (Å²) in [7, 11) is 0. The third-order valence-electron chi connectivity index (χ3n) is 6.40. The van der Waals surface area contributed by atoms with Crippen LogP contribution in [-0.2, 0) is 19.1 Å². The first-order chi connectivity index (χ1) is 10.6. The minimum Gasteiger partial charge on any atom is -0.466 e. The third-order valence-corrected chi connectivity index (χ3v) is 6.40. The van der Waals surface area contributed by atoms with Crippen molar-refractivity contribution < 1.29 is 19.1 Å². The maximum atomic E-state index is 12.9. The van der Waals surface area contributed by atoms with E-state index in [1.165, 1.54) is 12.5 Å².